The van der Waals surface area contributed by atoms with Crippen LogP contribution in [0.4, 0.5) is 0 Å². The number of aromatic nitrogens is 2. The number of aromatic amines is 1. The summed E-state index contributed by atoms with van der Waals surface area (Å²) in [5.41, 5.74) is 0. The fourth-order valence-corrected chi connectivity index (χ4v) is 2.50. The van der Waals surface area contributed by atoms with Gasteiger partial charge in [0.1, 0.15) is 5.82 Å². The highest BCUT2D eigenvalue weighted by Crippen LogP contribution is 2.16. The lowest BCUT2D eigenvalue weighted by Crippen LogP contribution is -2.44. The molecule has 1 aliphatic heterocycles. The third kappa shape index (κ3) is 4.33. The number of β-amino-alcohol motifs (C(OH)–C–C–N with tert-alkyl or cyclic N) is 1. The van der Waals surface area contributed by atoms with Gasteiger partial charge in [-0.2, -0.15) is 0 Å². The normalized spacial score (nSPS) is 20.4. The number of nitrogens with zero attached hydrogens (tertiary/aromatic N) is 2. The topological polar surface area (TPSA) is 81.2 Å². The van der Waals surface area contributed by atoms with Crippen molar-refractivity contribution in [3.05, 3.63) is 18.2 Å². The third-order valence-corrected chi connectivity index (χ3v) is 3.51. The molecule has 0 saturated carbocycles. The molecule has 0 unspecified atom stereocenters. The lowest BCUT2D eigenvalue weighted by Gasteiger charge is -2.31. The van der Waals surface area contributed by atoms with Crippen molar-refractivity contribution in [2.75, 3.05) is 32.8 Å². The highest BCUT2D eigenvalue weighted by molar-refractivity contribution is 5.78. The van der Waals surface area contributed by atoms with Crippen LogP contribution in [0.3, 0.4) is 0 Å². The van der Waals surface area contributed by atoms with E-state index in [2.05, 4.69) is 20.2 Å². The fraction of sp³-hybridized carbons (Fsp3) is 0.692. The van der Waals surface area contributed by atoms with Gasteiger partial charge < -0.3 is 20.3 Å². The zero-order valence-corrected chi connectivity index (χ0v) is 11.1. The van der Waals surface area contributed by atoms with E-state index >= 15 is 0 Å². The molecule has 0 spiro atoms. The van der Waals surface area contributed by atoms with Crippen molar-refractivity contribution >= 4 is 5.91 Å². The van der Waals surface area contributed by atoms with Gasteiger partial charge in [-0.15, -0.1) is 0 Å². The van der Waals surface area contributed by atoms with E-state index in [0.717, 1.165) is 38.2 Å². The quantitative estimate of drug-likeness (QED) is 0.664. The van der Waals surface area contributed by atoms with Crippen LogP contribution >= 0.6 is 0 Å². The van der Waals surface area contributed by atoms with Gasteiger partial charge in [-0.3, -0.25) is 4.79 Å². The number of nitrogens with one attached hydrogen (secondary N) is 2. The second-order valence-corrected chi connectivity index (χ2v) is 4.94. The molecule has 106 valence electrons. The van der Waals surface area contributed by atoms with Crippen LogP contribution in [0.25, 0.3) is 0 Å². The number of imidazole rings is 1. The van der Waals surface area contributed by atoms with Crippen LogP contribution in [0.2, 0.25) is 0 Å². The zero-order valence-electron chi connectivity index (χ0n) is 11.1. The second-order valence-electron chi connectivity index (χ2n) is 4.94. The van der Waals surface area contributed by atoms with Gasteiger partial charge in [-0.05, 0) is 19.4 Å². The van der Waals surface area contributed by atoms with Crippen LogP contribution in [-0.2, 0) is 11.2 Å². The summed E-state index contributed by atoms with van der Waals surface area (Å²) in [6.07, 6.45) is 6.19. The average molecular weight is 266 g/mol. The molecule has 1 aromatic rings. The molecule has 0 radical (unpaired) electrons. The minimum atomic E-state index is 0.0527. The van der Waals surface area contributed by atoms with E-state index in [4.69, 9.17) is 5.11 Å². The van der Waals surface area contributed by atoms with Crippen LogP contribution in [0.15, 0.2) is 12.4 Å². The SMILES string of the molecule is O=C(NCCc1ncc[nH]1)[C@H]1CCCN(CCO)C1. The van der Waals surface area contributed by atoms with E-state index in [1.807, 2.05) is 0 Å². The summed E-state index contributed by atoms with van der Waals surface area (Å²) in [6, 6.07) is 0. The molecule has 0 aromatic carbocycles. The Labute approximate surface area is 113 Å². The van der Waals surface area contributed by atoms with Gasteiger partial charge in [0.15, 0.2) is 0 Å². The van der Waals surface area contributed by atoms with E-state index in [0.29, 0.717) is 13.1 Å². The van der Waals surface area contributed by atoms with Gasteiger partial charge in [-0.25, -0.2) is 4.98 Å². The Bertz CT molecular complexity index is 378. The number of H-pyrrole nitrogens is 1. The third-order valence-electron chi connectivity index (χ3n) is 3.51. The molecule has 2 rings (SSSR count). The summed E-state index contributed by atoms with van der Waals surface area (Å²) in [4.78, 5) is 21.3. The van der Waals surface area contributed by atoms with Crippen LogP contribution < -0.4 is 5.32 Å². The Hall–Kier alpha value is -1.40. The molecular weight excluding hydrogens is 244 g/mol. The first-order valence-electron chi connectivity index (χ1n) is 6.89. The Morgan fingerprint density at radius 2 is 2.53 bits per heavy atom. The first-order chi connectivity index (χ1) is 9.29. The number of hydrogen-bond donors (Lipinski definition) is 3. The van der Waals surface area contributed by atoms with Gasteiger partial charge in [-0.1, -0.05) is 0 Å². The monoisotopic (exact) mass is 266 g/mol. The van der Waals surface area contributed by atoms with E-state index in [9.17, 15) is 4.79 Å². The maximum absolute atomic E-state index is 12.0. The summed E-state index contributed by atoms with van der Waals surface area (Å²) in [7, 11) is 0. The molecule has 1 aliphatic rings. The van der Waals surface area contributed by atoms with Crippen LogP contribution in [0.1, 0.15) is 18.7 Å². The summed E-state index contributed by atoms with van der Waals surface area (Å²) in [6.45, 7) is 3.18. The standard InChI is InChI=1S/C13H22N4O2/c18-9-8-17-7-1-2-11(10-17)13(19)16-4-3-12-14-5-6-15-12/h5-6,11,18H,1-4,7-10H2,(H,14,15)(H,16,19)/t11-/m0/s1. The number of amides is 1. The highest BCUT2D eigenvalue weighted by Gasteiger charge is 2.24. The fourth-order valence-electron chi connectivity index (χ4n) is 2.50. The Morgan fingerprint density at radius 3 is 3.26 bits per heavy atom. The van der Waals surface area contributed by atoms with Crippen molar-refractivity contribution in [2.24, 2.45) is 5.92 Å². The Balaban J connectivity index is 1.70. The van der Waals surface area contributed by atoms with Crippen LogP contribution in [-0.4, -0.2) is 58.7 Å². The first-order valence-corrected chi connectivity index (χ1v) is 6.89. The van der Waals surface area contributed by atoms with Crippen molar-refractivity contribution in [3.63, 3.8) is 0 Å². The smallest absolute Gasteiger partial charge is 0.224 e. The average Bonchev–Trinajstić information content (AvgIpc) is 2.92. The van der Waals surface area contributed by atoms with Gasteiger partial charge in [0.05, 0.1) is 12.5 Å². The number of piperidine rings is 1. The minimum absolute atomic E-state index is 0.0527. The number of carbonyl (C=O) groups is 1. The Kier molecular flexibility index (Phi) is 5.35. The number of likely N-dealkylation sites (tertiary alicyclic amines) is 1. The predicted molar refractivity (Wildman–Crippen MR) is 71.6 cm³/mol. The van der Waals surface area contributed by atoms with Crippen LogP contribution in [0.5, 0.6) is 0 Å². The van der Waals surface area contributed by atoms with Gasteiger partial charge in [0.2, 0.25) is 5.91 Å². The number of carbonyl (C=O) groups excluding carboxylic acids is 1. The molecule has 1 amide bonds. The molecular formula is C13H22N4O2. The van der Waals surface area contributed by atoms with Crippen molar-refractivity contribution in [1.82, 2.24) is 20.2 Å². The number of aliphatic hydroxyl groups is 1. The molecule has 1 aromatic heterocycles. The molecule has 0 bridgehead atoms. The predicted octanol–water partition coefficient (Wildman–Crippen LogP) is -0.227. The molecule has 1 atom stereocenters. The lowest BCUT2D eigenvalue weighted by molar-refractivity contribution is -0.126. The molecule has 2 heterocycles. The lowest BCUT2D eigenvalue weighted by atomic mass is 9.97. The molecule has 1 fully saturated rings. The van der Waals surface area contributed by atoms with Crippen molar-refractivity contribution in [2.45, 2.75) is 19.3 Å². The first kappa shape index (κ1) is 14.0. The number of hydrogen-bond acceptors (Lipinski definition) is 4. The summed E-state index contributed by atoms with van der Waals surface area (Å²) < 4.78 is 0. The molecule has 6 heteroatoms. The zero-order chi connectivity index (χ0) is 13.5. The minimum Gasteiger partial charge on any atom is -0.395 e. The van der Waals surface area contributed by atoms with Crippen molar-refractivity contribution in [1.29, 1.82) is 0 Å². The number of aliphatic hydroxyl groups excluding tert-OH is 1. The molecule has 1 saturated heterocycles. The van der Waals surface area contributed by atoms with Crippen LogP contribution in [0, 0.1) is 5.92 Å². The van der Waals surface area contributed by atoms with Crippen molar-refractivity contribution < 1.29 is 9.90 Å². The maximum Gasteiger partial charge on any atom is 0.224 e. The van der Waals surface area contributed by atoms with Gasteiger partial charge in [0.25, 0.3) is 0 Å². The van der Waals surface area contributed by atoms with E-state index < -0.39 is 0 Å². The van der Waals surface area contributed by atoms with Crippen molar-refractivity contribution in [3.8, 4) is 0 Å². The largest absolute Gasteiger partial charge is 0.395 e. The summed E-state index contributed by atoms with van der Waals surface area (Å²) in [5, 5.41) is 11.9. The Morgan fingerprint density at radius 1 is 1.63 bits per heavy atom. The van der Waals surface area contributed by atoms with Gasteiger partial charge in [0, 0.05) is 38.4 Å². The molecule has 0 aliphatic carbocycles. The van der Waals surface area contributed by atoms with Gasteiger partial charge >= 0.3 is 0 Å². The summed E-state index contributed by atoms with van der Waals surface area (Å²) >= 11 is 0. The molecule has 3 N–H and O–H groups in total. The number of rotatable bonds is 6. The second kappa shape index (κ2) is 7.25. The molecule has 19 heavy (non-hydrogen) atoms. The summed E-state index contributed by atoms with van der Waals surface area (Å²) in [5.74, 6) is 1.07. The van der Waals surface area contributed by atoms with E-state index in [-0.39, 0.29) is 18.4 Å². The van der Waals surface area contributed by atoms with E-state index in [1.165, 1.54) is 0 Å². The van der Waals surface area contributed by atoms with E-state index in [1.54, 1.807) is 12.4 Å². The highest BCUT2D eigenvalue weighted by atomic mass is 16.3. The molecule has 6 nitrogen and oxygen atoms in total. The maximum atomic E-state index is 12.0.